The molecule has 0 radical (unpaired) electrons. The van der Waals surface area contributed by atoms with Crippen LogP contribution in [0.25, 0.3) is 0 Å². The van der Waals surface area contributed by atoms with E-state index in [1.807, 2.05) is 9.80 Å². The molecule has 1 amide bonds. The summed E-state index contributed by atoms with van der Waals surface area (Å²) in [6.07, 6.45) is 5.34. The summed E-state index contributed by atoms with van der Waals surface area (Å²) in [4.78, 5) is 24.1. The highest BCUT2D eigenvalue weighted by Crippen LogP contribution is 2.29. The molecule has 0 bridgehead atoms. The first kappa shape index (κ1) is 11.7. The number of hydrogen-bond donors (Lipinski definition) is 0. The second-order valence-electron chi connectivity index (χ2n) is 4.83. The Morgan fingerprint density at radius 3 is 2.72 bits per heavy atom. The number of carbonyl (C=O) groups excluding carboxylic acids is 1. The molecular formula is C12H15ClN4O. The van der Waals surface area contributed by atoms with Crippen LogP contribution in [0, 0.1) is 5.92 Å². The van der Waals surface area contributed by atoms with Crippen LogP contribution in [0.1, 0.15) is 12.8 Å². The molecule has 96 valence electrons. The van der Waals surface area contributed by atoms with Crippen molar-refractivity contribution in [1.29, 1.82) is 0 Å². The average molecular weight is 267 g/mol. The summed E-state index contributed by atoms with van der Waals surface area (Å²) in [5.74, 6) is 1.13. The zero-order chi connectivity index (χ0) is 12.5. The van der Waals surface area contributed by atoms with Gasteiger partial charge in [-0.2, -0.15) is 0 Å². The Labute approximate surface area is 111 Å². The van der Waals surface area contributed by atoms with Gasteiger partial charge in [0.05, 0.1) is 12.1 Å². The highest BCUT2D eigenvalue weighted by Gasteiger charge is 2.37. The first-order chi connectivity index (χ1) is 8.75. The van der Waals surface area contributed by atoms with Crippen LogP contribution in [-0.2, 0) is 4.79 Å². The molecule has 1 aromatic rings. The van der Waals surface area contributed by atoms with Crippen LogP contribution >= 0.6 is 11.6 Å². The van der Waals surface area contributed by atoms with Crippen molar-refractivity contribution in [3.63, 3.8) is 0 Å². The van der Waals surface area contributed by atoms with Crippen LogP contribution in [-0.4, -0.2) is 47.0 Å². The standard InChI is InChI=1S/C12H15ClN4O/c13-10-5-14-8-15-11(10)17-6-9(7-17)12(18)16-3-1-2-4-16/h5,8-9H,1-4,6-7H2. The van der Waals surface area contributed by atoms with Gasteiger partial charge in [-0.15, -0.1) is 0 Å². The number of nitrogens with zero attached hydrogens (tertiary/aromatic N) is 4. The van der Waals surface area contributed by atoms with Gasteiger partial charge in [0.1, 0.15) is 11.3 Å². The molecule has 0 saturated carbocycles. The normalized spacial score (nSPS) is 20.1. The van der Waals surface area contributed by atoms with Gasteiger partial charge in [0.2, 0.25) is 5.91 Å². The highest BCUT2D eigenvalue weighted by atomic mass is 35.5. The van der Waals surface area contributed by atoms with Crippen molar-refractivity contribution >= 4 is 23.3 Å². The van der Waals surface area contributed by atoms with E-state index >= 15 is 0 Å². The molecule has 3 heterocycles. The number of rotatable bonds is 2. The van der Waals surface area contributed by atoms with Crippen molar-refractivity contribution in [2.45, 2.75) is 12.8 Å². The van der Waals surface area contributed by atoms with E-state index in [0.717, 1.165) is 31.7 Å². The van der Waals surface area contributed by atoms with Crippen molar-refractivity contribution < 1.29 is 4.79 Å². The second kappa shape index (κ2) is 4.72. The lowest BCUT2D eigenvalue weighted by Crippen LogP contribution is -2.54. The van der Waals surface area contributed by atoms with E-state index in [0.29, 0.717) is 18.1 Å². The summed E-state index contributed by atoms with van der Waals surface area (Å²) in [5, 5.41) is 0.546. The van der Waals surface area contributed by atoms with Gasteiger partial charge in [-0.05, 0) is 12.8 Å². The third-order valence-electron chi connectivity index (χ3n) is 3.60. The second-order valence-corrected chi connectivity index (χ2v) is 5.24. The predicted octanol–water partition coefficient (Wildman–Crippen LogP) is 1.19. The van der Waals surface area contributed by atoms with Crippen LogP contribution in [0.3, 0.4) is 0 Å². The van der Waals surface area contributed by atoms with Gasteiger partial charge < -0.3 is 9.80 Å². The zero-order valence-electron chi connectivity index (χ0n) is 10.0. The van der Waals surface area contributed by atoms with Crippen molar-refractivity contribution in [3.8, 4) is 0 Å². The van der Waals surface area contributed by atoms with E-state index in [4.69, 9.17) is 11.6 Å². The van der Waals surface area contributed by atoms with Crippen molar-refractivity contribution in [2.24, 2.45) is 5.92 Å². The molecular weight excluding hydrogens is 252 g/mol. The molecule has 1 aromatic heterocycles. The summed E-state index contributed by atoms with van der Waals surface area (Å²) in [7, 11) is 0. The summed E-state index contributed by atoms with van der Waals surface area (Å²) in [5.41, 5.74) is 0. The fraction of sp³-hybridized carbons (Fsp3) is 0.583. The number of carbonyl (C=O) groups is 1. The molecule has 2 aliphatic heterocycles. The van der Waals surface area contributed by atoms with Gasteiger partial charge in [-0.3, -0.25) is 4.79 Å². The Bertz CT molecular complexity index is 455. The molecule has 0 spiro atoms. The minimum absolute atomic E-state index is 0.106. The lowest BCUT2D eigenvalue weighted by molar-refractivity contribution is -0.135. The lowest BCUT2D eigenvalue weighted by atomic mass is 9.98. The first-order valence-electron chi connectivity index (χ1n) is 6.25. The Hall–Kier alpha value is -1.36. The Morgan fingerprint density at radius 1 is 1.33 bits per heavy atom. The maximum atomic E-state index is 12.1. The van der Waals surface area contributed by atoms with Crippen LogP contribution in [0.5, 0.6) is 0 Å². The van der Waals surface area contributed by atoms with Crippen molar-refractivity contribution in [1.82, 2.24) is 14.9 Å². The monoisotopic (exact) mass is 266 g/mol. The van der Waals surface area contributed by atoms with E-state index < -0.39 is 0 Å². The van der Waals surface area contributed by atoms with Crippen LogP contribution < -0.4 is 4.90 Å². The summed E-state index contributed by atoms with van der Waals surface area (Å²) >= 11 is 6.02. The molecule has 2 saturated heterocycles. The molecule has 18 heavy (non-hydrogen) atoms. The minimum Gasteiger partial charge on any atom is -0.354 e. The average Bonchev–Trinajstić information content (AvgIpc) is 2.83. The van der Waals surface area contributed by atoms with E-state index in [1.165, 1.54) is 6.33 Å². The molecule has 0 aromatic carbocycles. The van der Waals surface area contributed by atoms with Crippen molar-refractivity contribution in [2.75, 3.05) is 31.1 Å². The number of likely N-dealkylation sites (tertiary alicyclic amines) is 1. The Kier molecular flexibility index (Phi) is 3.07. The van der Waals surface area contributed by atoms with Gasteiger partial charge in [0, 0.05) is 26.2 Å². The van der Waals surface area contributed by atoms with Gasteiger partial charge in [0.15, 0.2) is 5.82 Å². The van der Waals surface area contributed by atoms with Gasteiger partial charge >= 0.3 is 0 Å². The smallest absolute Gasteiger partial charge is 0.229 e. The third-order valence-corrected chi connectivity index (χ3v) is 3.86. The molecule has 2 aliphatic rings. The SMILES string of the molecule is O=C(C1CN(c2ncncc2Cl)C1)N1CCCC1. The summed E-state index contributed by atoms with van der Waals surface area (Å²) in [6.45, 7) is 3.27. The fourth-order valence-electron chi connectivity index (χ4n) is 2.54. The van der Waals surface area contributed by atoms with E-state index in [2.05, 4.69) is 9.97 Å². The minimum atomic E-state index is 0.106. The van der Waals surface area contributed by atoms with E-state index in [1.54, 1.807) is 6.20 Å². The number of aromatic nitrogens is 2. The summed E-state index contributed by atoms with van der Waals surface area (Å²) < 4.78 is 0. The molecule has 0 aliphatic carbocycles. The van der Waals surface area contributed by atoms with Crippen LogP contribution in [0.15, 0.2) is 12.5 Å². The third kappa shape index (κ3) is 2.03. The van der Waals surface area contributed by atoms with Crippen molar-refractivity contribution in [3.05, 3.63) is 17.5 Å². The van der Waals surface area contributed by atoms with Gasteiger partial charge in [-0.1, -0.05) is 11.6 Å². The van der Waals surface area contributed by atoms with Gasteiger partial charge in [-0.25, -0.2) is 9.97 Å². The van der Waals surface area contributed by atoms with E-state index in [9.17, 15) is 4.79 Å². The van der Waals surface area contributed by atoms with E-state index in [-0.39, 0.29) is 11.8 Å². The number of anilines is 1. The fourth-order valence-corrected chi connectivity index (χ4v) is 2.77. The van der Waals surface area contributed by atoms with Crippen LogP contribution in [0.2, 0.25) is 5.02 Å². The Balaban J connectivity index is 1.60. The quantitative estimate of drug-likeness (QED) is 0.807. The largest absolute Gasteiger partial charge is 0.354 e. The predicted molar refractivity (Wildman–Crippen MR) is 68.6 cm³/mol. The molecule has 0 atom stereocenters. The summed E-state index contributed by atoms with van der Waals surface area (Å²) in [6, 6.07) is 0. The lowest BCUT2D eigenvalue weighted by Gasteiger charge is -2.40. The number of hydrogen-bond acceptors (Lipinski definition) is 4. The van der Waals surface area contributed by atoms with Gasteiger partial charge in [0.25, 0.3) is 0 Å². The molecule has 3 rings (SSSR count). The first-order valence-corrected chi connectivity index (χ1v) is 6.63. The topological polar surface area (TPSA) is 49.3 Å². The molecule has 5 nitrogen and oxygen atoms in total. The van der Waals surface area contributed by atoms with Crippen LogP contribution in [0.4, 0.5) is 5.82 Å². The molecule has 6 heteroatoms. The molecule has 2 fully saturated rings. The zero-order valence-corrected chi connectivity index (χ0v) is 10.8. The number of halogens is 1. The highest BCUT2D eigenvalue weighted by molar-refractivity contribution is 6.32. The number of amides is 1. The molecule has 0 N–H and O–H groups in total. The molecule has 0 unspecified atom stereocenters. The maximum absolute atomic E-state index is 12.1. The maximum Gasteiger partial charge on any atom is 0.229 e. The Morgan fingerprint density at radius 2 is 2.06 bits per heavy atom.